The topological polar surface area (TPSA) is 32.9 Å². The molecule has 0 spiro atoms. The van der Waals surface area contributed by atoms with Crippen molar-refractivity contribution in [2.24, 2.45) is 0 Å². The second-order valence-corrected chi connectivity index (χ2v) is 7.02. The van der Waals surface area contributed by atoms with Crippen LogP contribution in [0.1, 0.15) is 10.5 Å². The van der Waals surface area contributed by atoms with Crippen molar-refractivity contribution in [2.45, 2.75) is 13.7 Å². The zero-order chi connectivity index (χ0) is 14.0. The third kappa shape index (κ3) is 3.89. The van der Waals surface area contributed by atoms with Crippen molar-refractivity contribution in [1.29, 1.82) is 0 Å². The molecule has 19 heavy (non-hydrogen) atoms. The summed E-state index contributed by atoms with van der Waals surface area (Å²) in [4.78, 5) is 15.4. The van der Waals surface area contributed by atoms with Crippen LogP contribution in [0.25, 0.3) is 0 Å². The van der Waals surface area contributed by atoms with Crippen LogP contribution in [0.5, 0.6) is 0 Å². The molecule has 0 aliphatic carbocycles. The Morgan fingerprint density at radius 3 is 2.32 bits per heavy atom. The highest BCUT2D eigenvalue weighted by Gasteiger charge is 2.32. The highest BCUT2D eigenvalue weighted by atomic mass is 35.6. The molecule has 0 aliphatic heterocycles. The van der Waals surface area contributed by atoms with Gasteiger partial charge in [0.2, 0.25) is 5.78 Å². The maximum Gasteiger partial charge on any atom is 0.254 e. The van der Waals surface area contributed by atoms with Crippen LogP contribution in [0.15, 0.2) is 46.3 Å². The minimum Gasteiger partial charge on any atom is -0.347 e. The first-order chi connectivity index (χ1) is 8.86. The quantitative estimate of drug-likeness (QED) is 0.640. The van der Waals surface area contributed by atoms with E-state index in [-0.39, 0.29) is 11.5 Å². The lowest BCUT2D eigenvalue weighted by molar-refractivity contribution is 0.0992. The Bertz CT molecular complexity index is 592. The fraction of sp³-hybridized carbons (Fsp3) is 0.0833. The van der Waals surface area contributed by atoms with E-state index in [0.29, 0.717) is 5.03 Å². The minimum atomic E-state index is -1.98. The average molecular weight is 339 g/mol. The number of nitrogens with one attached hydrogen (secondary N) is 1. The molecule has 100 valence electrons. The van der Waals surface area contributed by atoms with Gasteiger partial charge in [-0.2, -0.15) is 0 Å². The van der Waals surface area contributed by atoms with Gasteiger partial charge >= 0.3 is 0 Å². The third-order valence-corrected chi connectivity index (χ3v) is 3.68. The first-order valence-electron chi connectivity index (χ1n) is 5.10. The molecule has 0 radical (unpaired) electrons. The Kier molecular flexibility index (Phi) is 4.46. The van der Waals surface area contributed by atoms with Crippen LogP contribution in [0, 0.1) is 5.82 Å². The monoisotopic (exact) mass is 337 g/mol. The van der Waals surface area contributed by atoms with Gasteiger partial charge in [0.25, 0.3) is 3.79 Å². The Labute approximate surface area is 128 Å². The van der Waals surface area contributed by atoms with Crippen LogP contribution in [0.2, 0.25) is 0 Å². The van der Waals surface area contributed by atoms with Crippen molar-refractivity contribution in [3.05, 3.63) is 47.9 Å². The second kappa shape index (κ2) is 5.75. The van der Waals surface area contributed by atoms with E-state index in [9.17, 15) is 9.18 Å². The molecular formula is C12H7Cl3FNOS. The standard InChI is InChI=1S/C12H7Cl3FNOS/c13-12(14,15)11(18)9-5-6-10(17-9)19-8-3-1-7(16)2-4-8/h1-6,17H. The number of H-pyrrole nitrogens is 1. The van der Waals surface area contributed by atoms with E-state index < -0.39 is 9.58 Å². The maximum atomic E-state index is 12.8. The Hall–Kier alpha value is -0.680. The summed E-state index contributed by atoms with van der Waals surface area (Å²) in [7, 11) is 0. The lowest BCUT2D eigenvalue weighted by Gasteiger charge is -2.07. The zero-order valence-corrected chi connectivity index (χ0v) is 12.4. The lowest BCUT2D eigenvalue weighted by Crippen LogP contribution is -2.19. The number of hydrogen-bond donors (Lipinski definition) is 1. The van der Waals surface area contributed by atoms with Gasteiger partial charge in [-0.25, -0.2) is 4.39 Å². The van der Waals surface area contributed by atoms with E-state index in [2.05, 4.69) is 4.98 Å². The Morgan fingerprint density at radius 1 is 1.11 bits per heavy atom. The number of aromatic amines is 1. The van der Waals surface area contributed by atoms with Crippen molar-refractivity contribution in [3.63, 3.8) is 0 Å². The molecule has 1 aromatic heterocycles. The molecule has 0 unspecified atom stereocenters. The van der Waals surface area contributed by atoms with Crippen LogP contribution >= 0.6 is 46.6 Å². The van der Waals surface area contributed by atoms with Crippen LogP contribution in [0.4, 0.5) is 4.39 Å². The average Bonchev–Trinajstić information content (AvgIpc) is 2.78. The highest BCUT2D eigenvalue weighted by molar-refractivity contribution is 7.99. The fourth-order valence-corrected chi connectivity index (χ4v) is 2.48. The van der Waals surface area contributed by atoms with Crippen LogP contribution in [0.3, 0.4) is 0 Å². The summed E-state index contributed by atoms with van der Waals surface area (Å²) in [6.45, 7) is 0. The molecule has 2 rings (SSSR count). The van der Waals surface area contributed by atoms with Gasteiger partial charge in [0.05, 0.1) is 10.7 Å². The van der Waals surface area contributed by atoms with E-state index >= 15 is 0 Å². The normalized spacial score (nSPS) is 11.6. The molecule has 0 aliphatic rings. The predicted octanol–water partition coefficient (Wildman–Crippen LogP) is 4.86. The van der Waals surface area contributed by atoms with Gasteiger partial charge in [-0.15, -0.1) is 0 Å². The number of ketones is 1. The second-order valence-electron chi connectivity index (χ2n) is 3.62. The summed E-state index contributed by atoms with van der Waals surface area (Å²) in [5.41, 5.74) is 0.213. The van der Waals surface area contributed by atoms with Crippen molar-refractivity contribution < 1.29 is 9.18 Å². The summed E-state index contributed by atoms with van der Waals surface area (Å²) < 4.78 is 10.8. The number of hydrogen-bond acceptors (Lipinski definition) is 2. The van der Waals surface area contributed by atoms with E-state index in [1.807, 2.05) is 0 Å². The molecular weight excluding hydrogens is 332 g/mol. The van der Waals surface area contributed by atoms with Crippen LogP contribution in [-0.4, -0.2) is 14.6 Å². The summed E-state index contributed by atoms with van der Waals surface area (Å²) in [6.07, 6.45) is 0. The van der Waals surface area contributed by atoms with E-state index in [4.69, 9.17) is 34.8 Å². The van der Waals surface area contributed by atoms with Gasteiger partial charge in [0, 0.05) is 4.90 Å². The van der Waals surface area contributed by atoms with Crippen molar-refractivity contribution in [1.82, 2.24) is 4.98 Å². The third-order valence-electron chi connectivity index (χ3n) is 2.20. The first kappa shape index (κ1) is 14.7. The molecule has 2 aromatic rings. The number of carbonyl (C=O) groups excluding carboxylic acids is 1. The molecule has 0 atom stereocenters. The van der Waals surface area contributed by atoms with E-state index in [0.717, 1.165) is 4.90 Å². The van der Waals surface area contributed by atoms with E-state index in [1.165, 1.54) is 30.0 Å². The fourth-order valence-electron chi connectivity index (χ4n) is 1.35. The predicted molar refractivity (Wildman–Crippen MR) is 75.9 cm³/mol. The lowest BCUT2D eigenvalue weighted by atomic mass is 10.3. The molecule has 0 saturated heterocycles. The number of carbonyl (C=O) groups is 1. The van der Waals surface area contributed by atoms with Gasteiger partial charge < -0.3 is 4.98 Å². The number of aromatic nitrogens is 1. The number of Topliss-reactive ketones (excluding diaryl/α,β-unsaturated/α-hetero) is 1. The van der Waals surface area contributed by atoms with Gasteiger partial charge in [0.15, 0.2) is 0 Å². The number of benzene rings is 1. The van der Waals surface area contributed by atoms with Crippen molar-refractivity contribution >= 4 is 52.3 Å². The summed E-state index contributed by atoms with van der Waals surface area (Å²) in [5.74, 6) is -0.925. The van der Waals surface area contributed by atoms with Crippen LogP contribution < -0.4 is 0 Å². The van der Waals surface area contributed by atoms with Crippen molar-refractivity contribution in [3.8, 4) is 0 Å². The molecule has 0 amide bonds. The van der Waals surface area contributed by atoms with Gasteiger partial charge in [-0.3, -0.25) is 4.79 Å². The first-order valence-corrected chi connectivity index (χ1v) is 7.05. The van der Waals surface area contributed by atoms with Gasteiger partial charge in [0.1, 0.15) is 5.82 Å². The van der Waals surface area contributed by atoms with Crippen LogP contribution in [-0.2, 0) is 0 Å². The van der Waals surface area contributed by atoms with Crippen molar-refractivity contribution in [2.75, 3.05) is 0 Å². The minimum absolute atomic E-state index is 0.213. The van der Waals surface area contributed by atoms with Gasteiger partial charge in [-0.05, 0) is 36.4 Å². The zero-order valence-electron chi connectivity index (χ0n) is 9.29. The summed E-state index contributed by atoms with van der Waals surface area (Å²) in [6, 6.07) is 9.22. The molecule has 2 nitrogen and oxygen atoms in total. The van der Waals surface area contributed by atoms with E-state index in [1.54, 1.807) is 18.2 Å². The highest BCUT2D eigenvalue weighted by Crippen LogP contribution is 2.32. The number of halogens is 4. The molecule has 1 heterocycles. The summed E-state index contributed by atoms with van der Waals surface area (Å²) >= 11 is 17.9. The molecule has 1 N–H and O–H groups in total. The Morgan fingerprint density at radius 2 is 1.74 bits per heavy atom. The largest absolute Gasteiger partial charge is 0.347 e. The number of rotatable bonds is 3. The molecule has 7 heteroatoms. The summed E-state index contributed by atoms with van der Waals surface area (Å²) in [5, 5.41) is 0.698. The molecule has 1 aromatic carbocycles. The van der Waals surface area contributed by atoms with Gasteiger partial charge in [-0.1, -0.05) is 46.6 Å². The molecule has 0 saturated carbocycles. The molecule has 0 bridgehead atoms. The smallest absolute Gasteiger partial charge is 0.254 e. The Balaban J connectivity index is 2.14. The number of alkyl halides is 3. The maximum absolute atomic E-state index is 12.8. The SMILES string of the molecule is O=C(c1ccc(Sc2ccc(F)cc2)[nH]1)C(Cl)(Cl)Cl. The molecule has 0 fully saturated rings.